The highest BCUT2D eigenvalue weighted by atomic mass is 16.5. The Labute approximate surface area is 248 Å². The summed E-state index contributed by atoms with van der Waals surface area (Å²) in [6.07, 6.45) is 14.0. The fourth-order valence-electron chi connectivity index (χ4n) is 6.33. The minimum atomic E-state index is -1.13. The number of carbonyl (C=O) groups is 3. The Kier molecular flexibility index (Phi) is 12.1. The van der Waals surface area contributed by atoms with E-state index in [0.717, 1.165) is 55.9 Å². The van der Waals surface area contributed by atoms with Crippen LogP contribution in [0, 0.1) is 11.8 Å². The topological polar surface area (TPSA) is 122 Å². The molecule has 8 heteroatoms. The molecular weight excluding hydrogens is 534 g/mol. The summed E-state index contributed by atoms with van der Waals surface area (Å²) in [5.74, 6) is -0.522. The fourth-order valence-corrected chi connectivity index (χ4v) is 6.33. The average molecular weight is 580 g/mol. The molecule has 2 aromatic carbocycles. The quantitative estimate of drug-likeness (QED) is 0.196. The minimum Gasteiger partial charge on any atom is -0.494 e. The molecule has 0 spiro atoms. The molecule has 0 aliphatic heterocycles. The number of aryl methyl sites for hydroxylation is 1. The number of rotatable bonds is 15. The molecule has 2 unspecified atom stereocenters. The van der Waals surface area contributed by atoms with Crippen molar-refractivity contribution >= 4 is 17.8 Å². The minimum absolute atomic E-state index is 0.00298. The number of carboxylic acids is 2. The van der Waals surface area contributed by atoms with E-state index in [4.69, 9.17) is 9.47 Å². The van der Waals surface area contributed by atoms with Crippen molar-refractivity contribution in [1.82, 2.24) is 5.32 Å². The third-order valence-corrected chi connectivity index (χ3v) is 8.67. The number of benzene rings is 2. The lowest BCUT2D eigenvalue weighted by Crippen LogP contribution is -2.43. The van der Waals surface area contributed by atoms with Crippen LogP contribution in [-0.4, -0.2) is 47.3 Å². The molecule has 2 fully saturated rings. The Morgan fingerprint density at radius 2 is 1.52 bits per heavy atom. The van der Waals surface area contributed by atoms with Crippen LogP contribution in [0.4, 0.5) is 0 Å². The maximum Gasteiger partial charge on any atom is 0.335 e. The van der Waals surface area contributed by atoms with Crippen LogP contribution in [0.25, 0.3) is 0 Å². The highest BCUT2D eigenvalue weighted by Gasteiger charge is 2.29. The summed E-state index contributed by atoms with van der Waals surface area (Å²) >= 11 is 0. The Morgan fingerprint density at radius 3 is 2.26 bits per heavy atom. The van der Waals surface area contributed by atoms with Crippen molar-refractivity contribution in [3.63, 3.8) is 0 Å². The van der Waals surface area contributed by atoms with Gasteiger partial charge in [-0.1, -0.05) is 57.1 Å². The smallest absolute Gasteiger partial charge is 0.335 e. The van der Waals surface area contributed by atoms with Crippen LogP contribution in [0.5, 0.6) is 11.5 Å². The number of aromatic carboxylic acids is 1. The van der Waals surface area contributed by atoms with Gasteiger partial charge in [0.15, 0.2) is 0 Å². The van der Waals surface area contributed by atoms with E-state index in [1.54, 1.807) is 0 Å². The largest absolute Gasteiger partial charge is 0.494 e. The van der Waals surface area contributed by atoms with Crippen LogP contribution >= 0.6 is 0 Å². The molecule has 2 aliphatic rings. The van der Waals surface area contributed by atoms with Gasteiger partial charge in [0.25, 0.3) is 5.91 Å². The Hall–Kier alpha value is -3.55. The second-order valence-corrected chi connectivity index (χ2v) is 11.8. The molecule has 2 aromatic rings. The van der Waals surface area contributed by atoms with Gasteiger partial charge in [-0.25, -0.2) is 4.79 Å². The summed E-state index contributed by atoms with van der Waals surface area (Å²) in [7, 11) is 0. The zero-order chi connectivity index (χ0) is 29.7. The van der Waals surface area contributed by atoms with E-state index in [1.807, 2.05) is 12.1 Å². The van der Waals surface area contributed by atoms with Crippen molar-refractivity contribution in [2.75, 3.05) is 13.2 Å². The predicted octanol–water partition coefficient (Wildman–Crippen LogP) is 6.90. The number of ether oxygens (including phenoxy) is 2. The molecule has 4 rings (SSSR count). The summed E-state index contributed by atoms with van der Waals surface area (Å²) in [5, 5.41) is 21.7. The zero-order valence-corrected chi connectivity index (χ0v) is 24.5. The fraction of sp³-hybridized carbons (Fsp3) is 0.559. The van der Waals surface area contributed by atoms with Crippen molar-refractivity contribution in [2.24, 2.45) is 11.8 Å². The van der Waals surface area contributed by atoms with Crippen LogP contribution in [0.1, 0.15) is 110 Å². The van der Waals surface area contributed by atoms with Crippen molar-refractivity contribution < 1.29 is 34.1 Å². The van der Waals surface area contributed by atoms with Crippen LogP contribution in [-0.2, 0) is 11.2 Å². The van der Waals surface area contributed by atoms with Gasteiger partial charge in [0.2, 0.25) is 0 Å². The lowest BCUT2D eigenvalue weighted by molar-refractivity contribution is -0.138. The van der Waals surface area contributed by atoms with E-state index in [1.165, 1.54) is 56.7 Å². The van der Waals surface area contributed by atoms with E-state index in [-0.39, 0.29) is 29.5 Å². The lowest BCUT2D eigenvalue weighted by Gasteiger charge is -2.31. The summed E-state index contributed by atoms with van der Waals surface area (Å²) in [6, 6.07) is 12.1. The third kappa shape index (κ3) is 9.78. The molecule has 0 radical (unpaired) electrons. The number of hydrogen-bond acceptors (Lipinski definition) is 5. The second-order valence-electron chi connectivity index (χ2n) is 11.8. The van der Waals surface area contributed by atoms with E-state index in [2.05, 4.69) is 17.4 Å². The highest BCUT2D eigenvalue weighted by molar-refractivity contribution is 6.00. The molecule has 3 N–H and O–H groups in total. The van der Waals surface area contributed by atoms with Gasteiger partial charge in [0.1, 0.15) is 11.5 Å². The number of carboxylic acid groups (broad SMARTS) is 2. The van der Waals surface area contributed by atoms with Gasteiger partial charge in [0.05, 0.1) is 30.8 Å². The summed E-state index contributed by atoms with van der Waals surface area (Å²) in [4.78, 5) is 36.1. The molecule has 2 atom stereocenters. The van der Waals surface area contributed by atoms with Crippen LogP contribution in [0.3, 0.4) is 0 Å². The third-order valence-electron chi connectivity index (χ3n) is 8.67. The molecule has 0 aromatic heterocycles. The standard InChI is InChI=1S/C34H45NO7/c36-32(37)23-26-12-4-5-13-30(26)35-33(38)29-22-27(34(39)40)16-19-31(29)42-21-7-11-25-14-17-28(18-15-25)41-20-6-10-24-8-2-1-3-9-24/h14-19,22,24,26,30H,1-13,20-21,23H2,(H,35,38)(H,36,37)(H,39,40). The molecule has 2 aliphatic carbocycles. The summed E-state index contributed by atoms with van der Waals surface area (Å²) < 4.78 is 11.9. The van der Waals surface area contributed by atoms with Crippen molar-refractivity contribution in [1.29, 1.82) is 0 Å². The van der Waals surface area contributed by atoms with Crippen LogP contribution in [0.15, 0.2) is 42.5 Å². The number of hydrogen-bond donors (Lipinski definition) is 3. The van der Waals surface area contributed by atoms with Gasteiger partial charge in [-0.2, -0.15) is 0 Å². The molecule has 0 heterocycles. The van der Waals surface area contributed by atoms with E-state index >= 15 is 0 Å². The highest BCUT2D eigenvalue weighted by Crippen LogP contribution is 2.29. The molecule has 228 valence electrons. The van der Waals surface area contributed by atoms with Gasteiger partial charge in [-0.3, -0.25) is 9.59 Å². The molecule has 1 amide bonds. The maximum absolute atomic E-state index is 13.3. The number of nitrogens with one attached hydrogen (secondary N) is 1. The van der Waals surface area contributed by atoms with Gasteiger partial charge in [-0.05, 0) is 86.3 Å². The first-order chi connectivity index (χ1) is 20.4. The van der Waals surface area contributed by atoms with Crippen LogP contribution < -0.4 is 14.8 Å². The Morgan fingerprint density at radius 1 is 0.810 bits per heavy atom. The van der Waals surface area contributed by atoms with Gasteiger partial charge in [-0.15, -0.1) is 0 Å². The Balaban J connectivity index is 1.25. The summed E-state index contributed by atoms with van der Waals surface area (Å²) in [5.41, 5.74) is 1.31. The van der Waals surface area contributed by atoms with E-state index in [9.17, 15) is 24.6 Å². The first-order valence-corrected chi connectivity index (χ1v) is 15.6. The molecular formula is C34H45NO7. The van der Waals surface area contributed by atoms with Crippen molar-refractivity contribution in [2.45, 2.75) is 95.9 Å². The van der Waals surface area contributed by atoms with Crippen LogP contribution in [0.2, 0.25) is 0 Å². The van der Waals surface area contributed by atoms with E-state index < -0.39 is 17.8 Å². The first kappa shape index (κ1) is 31.4. The van der Waals surface area contributed by atoms with E-state index in [0.29, 0.717) is 25.2 Å². The average Bonchev–Trinajstić information content (AvgIpc) is 2.99. The SMILES string of the molecule is O=C(O)CC1CCCCC1NC(=O)c1cc(C(=O)O)ccc1OCCCc1ccc(OCCCC2CCCCC2)cc1. The molecule has 8 nitrogen and oxygen atoms in total. The normalized spacial score (nSPS) is 19.1. The maximum atomic E-state index is 13.3. The van der Waals surface area contributed by atoms with Gasteiger partial charge in [0, 0.05) is 6.04 Å². The molecule has 0 saturated heterocycles. The van der Waals surface area contributed by atoms with Crippen molar-refractivity contribution in [3.05, 3.63) is 59.2 Å². The molecule has 2 saturated carbocycles. The summed E-state index contributed by atoms with van der Waals surface area (Å²) in [6.45, 7) is 1.11. The van der Waals surface area contributed by atoms with Crippen molar-refractivity contribution in [3.8, 4) is 11.5 Å². The van der Waals surface area contributed by atoms with Gasteiger partial charge >= 0.3 is 11.9 Å². The monoisotopic (exact) mass is 579 g/mol. The molecule has 0 bridgehead atoms. The second kappa shape index (κ2) is 16.2. The number of carbonyl (C=O) groups excluding carboxylic acids is 1. The number of aliphatic carboxylic acids is 1. The predicted molar refractivity (Wildman–Crippen MR) is 160 cm³/mol. The Bertz CT molecular complexity index is 1170. The zero-order valence-electron chi connectivity index (χ0n) is 24.5. The number of amides is 1. The lowest BCUT2D eigenvalue weighted by atomic mass is 9.82. The first-order valence-electron chi connectivity index (χ1n) is 15.6. The molecule has 42 heavy (non-hydrogen) atoms. The van der Waals surface area contributed by atoms with Gasteiger partial charge < -0.3 is 25.0 Å².